The zero-order chi connectivity index (χ0) is 10.8. The quantitative estimate of drug-likeness (QED) is 0.459. The molecule has 0 bridgehead atoms. The van der Waals surface area contributed by atoms with E-state index in [0.717, 1.165) is 32.1 Å². The lowest BCUT2D eigenvalue weighted by atomic mass is 10.1. The highest BCUT2D eigenvalue weighted by Crippen LogP contribution is 2.04. The lowest BCUT2D eigenvalue weighted by Gasteiger charge is -2.07. The molecule has 0 fully saturated rings. The van der Waals surface area contributed by atoms with E-state index in [1.165, 1.54) is 0 Å². The van der Waals surface area contributed by atoms with Crippen LogP contribution in [0.1, 0.15) is 39.0 Å². The first kappa shape index (κ1) is 13.2. The predicted octanol–water partition coefficient (Wildman–Crippen LogP) is 2.61. The second-order valence-corrected chi connectivity index (χ2v) is 3.34. The Morgan fingerprint density at radius 3 is 2.64 bits per heavy atom. The van der Waals surface area contributed by atoms with E-state index in [2.05, 4.69) is 6.58 Å². The molecule has 0 radical (unpaired) electrons. The molecule has 0 aliphatic heterocycles. The van der Waals surface area contributed by atoms with Crippen molar-refractivity contribution in [1.29, 1.82) is 0 Å². The molecule has 0 rings (SSSR count). The molecule has 1 atom stereocenters. The summed E-state index contributed by atoms with van der Waals surface area (Å²) in [5, 5.41) is 8.52. The van der Waals surface area contributed by atoms with Gasteiger partial charge in [-0.2, -0.15) is 0 Å². The Kier molecular flexibility index (Phi) is 8.24. The molecule has 1 N–H and O–H groups in total. The Morgan fingerprint density at radius 2 is 2.07 bits per heavy atom. The number of allylic oxidation sites excluding steroid dienone is 1. The largest absolute Gasteiger partial charge is 0.479 e. The molecule has 0 saturated carbocycles. The van der Waals surface area contributed by atoms with Gasteiger partial charge in [0.1, 0.15) is 0 Å². The van der Waals surface area contributed by atoms with Crippen molar-refractivity contribution in [2.24, 2.45) is 0 Å². The number of hydrogen-bond donors (Lipinski definition) is 1. The highest BCUT2D eigenvalue weighted by molar-refractivity contribution is 5.71. The van der Waals surface area contributed by atoms with Crippen LogP contribution in [0.15, 0.2) is 12.7 Å². The van der Waals surface area contributed by atoms with Gasteiger partial charge < -0.3 is 9.84 Å². The van der Waals surface area contributed by atoms with Crippen LogP contribution in [0, 0.1) is 0 Å². The van der Waals surface area contributed by atoms with Crippen LogP contribution in [-0.4, -0.2) is 23.8 Å². The number of carboxylic acids is 1. The van der Waals surface area contributed by atoms with Gasteiger partial charge in [-0.15, -0.1) is 6.58 Å². The van der Waals surface area contributed by atoms with Gasteiger partial charge in [-0.05, 0) is 26.2 Å². The average molecular weight is 200 g/mol. The summed E-state index contributed by atoms with van der Waals surface area (Å²) in [6.45, 7) is 5.75. The van der Waals surface area contributed by atoms with Crippen LogP contribution in [0.2, 0.25) is 0 Å². The Labute approximate surface area is 85.8 Å². The topological polar surface area (TPSA) is 46.5 Å². The Bertz CT molecular complexity index is 166. The molecule has 0 aromatic rings. The van der Waals surface area contributed by atoms with Gasteiger partial charge in [-0.1, -0.05) is 18.9 Å². The molecular formula is C11H20O3. The van der Waals surface area contributed by atoms with Crippen LogP contribution >= 0.6 is 0 Å². The number of carboxylic acid groups (broad SMARTS) is 1. The minimum absolute atomic E-state index is 0.543. The van der Waals surface area contributed by atoms with Gasteiger partial charge >= 0.3 is 5.97 Å². The van der Waals surface area contributed by atoms with E-state index in [-0.39, 0.29) is 0 Å². The van der Waals surface area contributed by atoms with Crippen molar-refractivity contribution in [3.8, 4) is 0 Å². The van der Waals surface area contributed by atoms with Crippen LogP contribution in [0.3, 0.4) is 0 Å². The van der Waals surface area contributed by atoms with E-state index < -0.39 is 12.1 Å². The molecular weight excluding hydrogens is 180 g/mol. The molecule has 0 aromatic carbocycles. The molecule has 0 aliphatic rings. The molecule has 0 aromatic heterocycles. The highest BCUT2D eigenvalue weighted by atomic mass is 16.5. The Morgan fingerprint density at radius 1 is 1.43 bits per heavy atom. The minimum Gasteiger partial charge on any atom is -0.479 e. The van der Waals surface area contributed by atoms with Crippen molar-refractivity contribution in [1.82, 2.24) is 0 Å². The summed E-state index contributed by atoms with van der Waals surface area (Å²) in [4.78, 5) is 10.4. The lowest BCUT2D eigenvalue weighted by Crippen LogP contribution is -2.20. The Hall–Kier alpha value is -0.830. The molecule has 0 amide bonds. The van der Waals surface area contributed by atoms with Crippen LogP contribution in [0.4, 0.5) is 0 Å². The standard InChI is InChI=1S/C11H20O3/c1-3-4-5-6-7-8-9-14-10(2)11(12)13/h3,10H,1,4-9H2,2H3,(H,12,13)/t10-/m1/s1. The summed E-state index contributed by atoms with van der Waals surface area (Å²) >= 11 is 0. The fourth-order valence-electron chi connectivity index (χ4n) is 1.08. The number of hydrogen-bond acceptors (Lipinski definition) is 2. The van der Waals surface area contributed by atoms with E-state index in [9.17, 15) is 4.79 Å². The summed E-state index contributed by atoms with van der Waals surface area (Å²) in [6.07, 6.45) is 6.67. The van der Waals surface area contributed by atoms with Crippen LogP contribution < -0.4 is 0 Å². The molecule has 14 heavy (non-hydrogen) atoms. The van der Waals surface area contributed by atoms with Gasteiger partial charge in [0.05, 0.1) is 0 Å². The van der Waals surface area contributed by atoms with E-state index in [4.69, 9.17) is 9.84 Å². The van der Waals surface area contributed by atoms with E-state index in [0.29, 0.717) is 6.61 Å². The summed E-state index contributed by atoms with van der Waals surface area (Å²) in [5.41, 5.74) is 0. The second kappa shape index (κ2) is 8.75. The summed E-state index contributed by atoms with van der Waals surface area (Å²) in [5.74, 6) is -0.892. The molecule has 82 valence electrons. The average Bonchev–Trinajstić information content (AvgIpc) is 2.16. The normalized spacial score (nSPS) is 12.4. The number of rotatable bonds is 9. The first-order chi connectivity index (χ1) is 6.68. The third kappa shape index (κ3) is 7.80. The van der Waals surface area contributed by atoms with Gasteiger partial charge in [-0.25, -0.2) is 4.79 Å². The van der Waals surface area contributed by atoms with Crippen molar-refractivity contribution in [2.75, 3.05) is 6.61 Å². The Balaban J connectivity index is 3.13. The second-order valence-electron chi connectivity index (χ2n) is 3.34. The maximum Gasteiger partial charge on any atom is 0.332 e. The van der Waals surface area contributed by atoms with Crippen LogP contribution in [0.25, 0.3) is 0 Å². The van der Waals surface area contributed by atoms with Gasteiger partial charge in [0, 0.05) is 6.61 Å². The summed E-state index contributed by atoms with van der Waals surface area (Å²) in [7, 11) is 0. The van der Waals surface area contributed by atoms with E-state index in [1.807, 2.05) is 6.08 Å². The maximum atomic E-state index is 10.4. The van der Waals surface area contributed by atoms with Crippen molar-refractivity contribution in [3.05, 3.63) is 12.7 Å². The fraction of sp³-hybridized carbons (Fsp3) is 0.727. The van der Waals surface area contributed by atoms with Gasteiger partial charge in [0.25, 0.3) is 0 Å². The molecule has 3 heteroatoms. The van der Waals surface area contributed by atoms with Crippen molar-refractivity contribution >= 4 is 5.97 Å². The smallest absolute Gasteiger partial charge is 0.332 e. The monoisotopic (exact) mass is 200 g/mol. The maximum absolute atomic E-state index is 10.4. The molecule has 3 nitrogen and oxygen atoms in total. The molecule has 0 unspecified atom stereocenters. The molecule has 0 heterocycles. The van der Waals surface area contributed by atoms with Crippen LogP contribution in [0.5, 0.6) is 0 Å². The fourth-order valence-corrected chi connectivity index (χ4v) is 1.08. The number of ether oxygens (including phenoxy) is 1. The van der Waals surface area contributed by atoms with Crippen LogP contribution in [-0.2, 0) is 9.53 Å². The lowest BCUT2D eigenvalue weighted by molar-refractivity contribution is -0.149. The number of aliphatic carboxylic acids is 1. The van der Waals surface area contributed by atoms with Crippen molar-refractivity contribution < 1.29 is 14.6 Å². The summed E-state index contributed by atoms with van der Waals surface area (Å²) < 4.78 is 5.09. The van der Waals surface area contributed by atoms with Gasteiger partial charge in [-0.3, -0.25) is 0 Å². The molecule has 0 saturated heterocycles. The third-order valence-electron chi connectivity index (χ3n) is 2.02. The van der Waals surface area contributed by atoms with Crippen molar-refractivity contribution in [3.63, 3.8) is 0 Å². The first-order valence-electron chi connectivity index (χ1n) is 5.13. The minimum atomic E-state index is -0.892. The SMILES string of the molecule is C=CCCCCCCO[C@H](C)C(=O)O. The predicted molar refractivity (Wildman–Crippen MR) is 56.3 cm³/mol. The van der Waals surface area contributed by atoms with E-state index in [1.54, 1.807) is 6.92 Å². The third-order valence-corrected chi connectivity index (χ3v) is 2.02. The van der Waals surface area contributed by atoms with E-state index >= 15 is 0 Å². The number of carbonyl (C=O) groups is 1. The van der Waals surface area contributed by atoms with Crippen molar-refractivity contribution in [2.45, 2.75) is 45.1 Å². The number of unbranched alkanes of at least 4 members (excludes halogenated alkanes) is 4. The first-order valence-corrected chi connectivity index (χ1v) is 5.13. The zero-order valence-electron chi connectivity index (χ0n) is 8.87. The zero-order valence-corrected chi connectivity index (χ0v) is 8.87. The van der Waals surface area contributed by atoms with Gasteiger partial charge in [0.15, 0.2) is 6.10 Å². The van der Waals surface area contributed by atoms with Gasteiger partial charge in [0.2, 0.25) is 0 Å². The summed E-state index contributed by atoms with van der Waals surface area (Å²) in [6, 6.07) is 0. The highest BCUT2D eigenvalue weighted by Gasteiger charge is 2.09. The molecule has 0 spiro atoms. The molecule has 0 aliphatic carbocycles.